The zero-order chi connectivity index (χ0) is 18.1. The van der Waals surface area contributed by atoms with Gasteiger partial charge in [0.15, 0.2) is 5.76 Å². The van der Waals surface area contributed by atoms with Gasteiger partial charge in [-0.2, -0.15) is 0 Å². The van der Waals surface area contributed by atoms with Crippen molar-refractivity contribution in [3.8, 4) is 11.5 Å². The molecule has 1 aromatic carbocycles. The minimum absolute atomic E-state index is 0.0168. The molecule has 2 aliphatic rings. The van der Waals surface area contributed by atoms with Crippen LogP contribution in [0.2, 0.25) is 0 Å². The molecule has 4 nitrogen and oxygen atoms in total. The summed E-state index contributed by atoms with van der Waals surface area (Å²) in [4.78, 5) is 25.8. The fraction of sp³-hybridized carbons (Fsp3) is 0.333. The largest absolute Gasteiger partial charge is 0.452 e. The zero-order valence-electron chi connectivity index (χ0n) is 14.6. The van der Waals surface area contributed by atoms with Gasteiger partial charge in [0, 0.05) is 17.0 Å². The molecule has 1 saturated carbocycles. The molecule has 26 heavy (non-hydrogen) atoms. The van der Waals surface area contributed by atoms with E-state index in [2.05, 4.69) is 0 Å². The number of ether oxygens (including phenoxy) is 2. The zero-order valence-corrected chi connectivity index (χ0v) is 15.4. The van der Waals surface area contributed by atoms with Crippen molar-refractivity contribution >= 4 is 29.2 Å². The molecule has 0 saturated heterocycles. The number of Topliss-reactive ketones (excluding diaryl/α,β-unsaturated/α-hetero) is 1. The monoisotopic (exact) mass is 368 g/mol. The molecule has 1 fully saturated rings. The van der Waals surface area contributed by atoms with Gasteiger partial charge in [0.25, 0.3) is 0 Å². The fourth-order valence-corrected chi connectivity index (χ4v) is 4.27. The van der Waals surface area contributed by atoms with Gasteiger partial charge in [-0.25, -0.2) is 0 Å². The summed E-state index contributed by atoms with van der Waals surface area (Å²) in [5.74, 6) is 0.847. The highest BCUT2D eigenvalue weighted by atomic mass is 32.1. The Morgan fingerprint density at radius 2 is 2.04 bits per heavy atom. The second-order valence-electron chi connectivity index (χ2n) is 6.82. The molecule has 0 radical (unpaired) electrons. The standard InChI is InChI=1S/C21H20O4S/c1-13-9-10-26-19(13)12-18-20(22)16-8-7-15(11-17(16)25-18)24-21(23)14-5-3-2-4-6-14/h7-12,14H,2-6H2,1H3/b18-12-. The number of thiophene rings is 1. The number of esters is 1. The van der Waals surface area contributed by atoms with Crippen molar-refractivity contribution in [2.75, 3.05) is 0 Å². The van der Waals surface area contributed by atoms with Crippen molar-refractivity contribution in [3.63, 3.8) is 0 Å². The van der Waals surface area contributed by atoms with Crippen LogP contribution < -0.4 is 9.47 Å². The Morgan fingerprint density at radius 3 is 2.77 bits per heavy atom. The second-order valence-corrected chi connectivity index (χ2v) is 7.77. The summed E-state index contributed by atoms with van der Waals surface area (Å²) in [6, 6.07) is 6.98. The summed E-state index contributed by atoms with van der Waals surface area (Å²) in [6.07, 6.45) is 6.92. The van der Waals surface area contributed by atoms with E-state index >= 15 is 0 Å². The maximum Gasteiger partial charge on any atom is 0.314 e. The predicted molar refractivity (Wildman–Crippen MR) is 101 cm³/mol. The molecule has 1 aromatic heterocycles. The fourth-order valence-electron chi connectivity index (χ4n) is 3.42. The number of ketones is 1. The molecule has 0 spiro atoms. The first kappa shape index (κ1) is 17.0. The van der Waals surface area contributed by atoms with Crippen LogP contribution in [0.1, 0.15) is 52.9 Å². The summed E-state index contributed by atoms with van der Waals surface area (Å²) in [5.41, 5.74) is 1.61. The van der Waals surface area contributed by atoms with Gasteiger partial charge in [0.05, 0.1) is 11.5 Å². The molecule has 1 aliphatic heterocycles. The van der Waals surface area contributed by atoms with E-state index in [0.717, 1.165) is 36.1 Å². The van der Waals surface area contributed by atoms with Crippen molar-refractivity contribution in [1.29, 1.82) is 0 Å². The van der Waals surface area contributed by atoms with Gasteiger partial charge in [-0.3, -0.25) is 9.59 Å². The lowest BCUT2D eigenvalue weighted by molar-refractivity contribution is -0.139. The van der Waals surface area contributed by atoms with E-state index in [4.69, 9.17) is 9.47 Å². The third kappa shape index (κ3) is 3.31. The maximum absolute atomic E-state index is 12.5. The third-order valence-electron chi connectivity index (χ3n) is 4.96. The summed E-state index contributed by atoms with van der Waals surface area (Å²) >= 11 is 1.57. The summed E-state index contributed by atoms with van der Waals surface area (Å²) in [6.45, 7) is 2.00. The Balaban J connectivity index is 1.51. The molecule has 0 N–H and O–H groups in total. The lowest BCUT2D eigenvalue weighted by Gasteiger charge is -2.19. The number of fused-ring (bicyclic) bond motifs is 1. The molecule has 2 heterocycles. The van der Waals surface area contributed by atoms with Crippen LogP contribution in [0.25, 0.3) is 6.08 Å². The van der Waals surface area contributed by atoms with E-state index in [9.17, 15) is 9.59 Å². The van der Waals surface area contributed by atoms with E-state index < -0.39 is 0 Å². The molecule has 0 unspecified atom stereocenters. The molecule has 1 aliphatic carbocycles. The number of carbonyl (C=O) groups excluding carboxylic acids is 2. The van der Waals surface area contributed by atoms with E-state index in [-0.39, 0.29) is 17.7 Å². The molecule has 134 valence electrons. The van der Waals surface area contributed by atoms with Crippen LogP contribution in [0.15, 0.2) is 35.4 Å². The number of carbonyl (C=O) groups is 2. The van der Waals surface area contributed by atoms with Crippen molar-refractivity contribution in [2.45, 2.75) is 39.0 Å². The number of hydrogen-bond donors (Lipinski definition) is 0. The van der Waals surface area contributed by atoms with Crippen LogP contribution in [0.5, 0.6) is 11.5 Å². The molecule has 2 aromatic rings. The number of hydrogen-bond acceptors (Lipinski definition) is 5. The average Bonchev–Trinajstić information content (AvgIpc) is 3.19. The number of allylic oxidation sites excluding steroid dienone is 1. The van der Waals surface area contributed by atoms with Crippen LogP contribution in [-0.2, 0) is 4.79 Å². The molecule has 0 bridgehead atoms. The average molecular weight is 368 g/mol. The van der Waals surface area contributed by atoms with Crippen molar-refractivity contribution in [3.05, 3.63) is 51.4 Å². The minimum Gasteiger partial charge on any atom is -0.452 e. The first-order chi connectivity index (χ1) is 12.6. The molecule has 0 atom stereocenters. The van der Waals surface area contributed by atoms with E-state index in [0.29, 0.717) is 22.8 Å². The Labute approximate surface area is 156 Å². The normalized spacial score (nSPS) is 18.7. The molecule has 0 amide bonds. The van der Waals surface area contributed by atoms with Gasteiger partial charge in [-0.15, -0.1) is 11.3 Å². The van der Waals surface area contributed by atoms with Crippen LogP contribution in [0.4, 0.5) is 0 Å². The van der Waals surface area contributed by atoms with E-state index in [1.54, 1.807) is 35.6 Å². The summed E-state index contributed by atoms with van der Waals surface area (Å²) in [7, 11) is 0. The lowest BCUT2D eigenvalue weighted by Crippen LogP contribution is -2.22. The molecular weight excluding hydrogens is 348 g/mol. The first-order valence-electron chi connectivity index (χ1n) is 8.96. The predicted octanol–water partition coefficient (Wildman–Crippen LogP) is 5.16. The topological polar surface area (TPSA) is 52.6 Å². The van der Waals surface area contributed by atoms with Gasteiger partial charge < -0.3 is 9.47 Å². The Bertz CT molecular complexity index is 887. The van der Waals surface area contributed by atoms with Gasteiger partial charge in [-0.1, -0.05) is 19.3 Å². The highest BCUT2D eigenvalue weighted by Crippen LogP contribution is 2.36. The van der Waals surface area contributed by atoms with Gasteiger partial charge in [0.1, 0.15) is 11.5 Å². The SMILES string of the molecule is Cc1ccsc1/C=C1\Oc2cc(OC(=O)C3CCCCC3)ccc2C1=O. The molecular formula is C21H20O4S. The Kier molecular flexibility index (Phi) is 4.64. The number of benzene rings is 1. The van der Waals surface area contributed by atoms with Crippen molar-refractivity contribution in [2.24, 2.45) is 5.92 Å². The summed E-state index contributed by atoms with van der Waals surface area (Å²) in [5, 5.41) is 1.98. The second kappa shape index (κ2) is 7.08. The number of rotatable bonds is 3. The van der Waals surface area contributed by atoms with Gasteiger partial charge in [0.2, 0.25) is 5.78 Å². The quantitative estimate of drug-likeness (QED) is 0.427. The number of aryl methyl sites for hydroxylation is 1. The van der Waals surface area contributed by atoms with Crippen LogP contribution in [0.3, 0.4) is 0 Å². The highest BCUT2D eigenvalue weighted by Gasteiger charge is 2.29. The molecule has 5 heteroatoms. The van der Waals surface area contributed by atoms with Crippen LogP contribution >= 0.6 is 11.3 Å². The first-order valence-corrected chi connectivity index (χ1v) is 9.84. The minimum atomic E-state index is -0.182. The van der Waals surface area contributed by atoms with Gasteiger partial charge in [-0.05, 0) is 48.9 Å². The Morgan fingerprint density at radius 1 is 1.23 bits per heavy atom. The highest BCUT2D eigenvalue weighted by molar-refractivity contribution is 7.11. The lowest BCUT2D eigenvalue weighted by atomic mass is 9.89. The Hall–Kier alpha value is -2.40. The molecule has 4 rings (SSSR count). The van der Waals surface area contributed by atoms with Gasteiger partial charge >= 0.3 is 5.97 Å². The maximum atomic E-state index is 12.5. The third-order valence-corrected chi connectivity index (χ3v) is 5.93. The summed E-state index contributed by atoms with van der Waals surface area (Å²) < 4.78 is 11.3. The van der Waals surface area contributed by atoms with E-state index in [1.165, 1.54) is 6.42 Å². The van der Waals surface area contributed by atoms with Crippen LogP contribution in [-0.4, -0.2) is 11.8 Å². The van der Waals surface area contributed by atoms with Crippen LogP contribution in [0, 0.1) is 12.8 Å². The smallest absolute Gasteiger partial charge is 0.314 e. The van der Waals surface area contributed by atoms with Crippen molar-refractivity contribution in [1.82, 2.24) is 0 Å². The van der Waals surface area contributed by atoms with Crippen molar-refractivity contribution < 1.29 is 19.1 Å². The van der Waals surface area contributed by atoms with E-state index in [1.807, 2.05) is 18.4 Å².